The van der Waals surface area contributed by atoms with Crippen LogP contribution in [0.4, 0.5) is 0 Å². The highest BCUT2D eigenvalue weighted by Gasteiger charge is 2.12. The summed E-state index contributed by atoms with van der Waals surface area (Å²) in [7, 11) is 1.50. The van der Waals surface area contributed by atoms with E-state index in [9.17, 15) is 9.59 Å². The molecule has 0 aliphatic heterocycles. The second kappa shape index (κ2) is 5.52. The number of carboxylic acids is 1. The fraction of sp³-hybridized carbons (Fsp3) is 0.200. The van der Waals surface area contributed by atoms with Crippen molar-refractivity contribution in [1.29, 1.82) is 0 Å². The van der Waals surface area contributed by atoms with Crippen LogP contribution < -0.4 is 0 Å². The monoisotopic (exact) mass is 257 g/mol. The molecule has 0 unspecified atom stereocenters. The Balaban J connectivity index is 2.12. The molecule has 2 aromatic rings. The molecule has 2 aromatic carbocycles. The third-order valence-electron chi connectivity index (χ3n) is 2.97. The first-order chi connectivity index (χ1) is 9.06. The van der Waals surface area contributed by atoms with Crippen molar-refractivity contribution < 1.29 is 14.7 Å². The van der Waals surface area contributed by atoms with Crippen molar-refractivity contribution in [1.82, 2.24) is 4.90 Å². The molecule has 0 saturated carbocycles. The van der Waals surface area contributed by atoms with Crippen LogP contribution in [0.25, 0.3) is 10.8 Å². The number of aliphatic carboxylic acids is 1. The molecule has 0 fully saturated rings. The number of carboxylic acid groups (broad SMARTS) is 1. The summed E-state index contributed by atoms with van der Waals surface area (Å²) in [6.45, 7) is -0.271. The molecule has 0 radical (unpaired) electrons. The molecule has 98 valence electrons. The quantitative estimate of drug-likeness (QED) is 0.910. The van der Waals surface area contributed by atoms with Crippen molar-refractivity contribution >= 4 is 22.6 Å². The minimum Gasteiger partial charge on any atom is -0.480 e. The van der Waals surface area contributed by atoms with Gasteiger partial charge in [-0.1, -0.05) is 42.5 Å². The van der Waals surface area contributed by atoms with E-state index < -0.39 is 5.97 Å². The fourth-order valence-electron chi connectivity index (χ4n) is 1.95. The number of benzene rings is 2. The second-order valence-corrected chi connectivity index (χ2v) is 4.50. The zero-order valence-electron chi connectivity index (χ0n) is 10.7. The molecule has 1 amide bonds. The first-order valence-electron chi connectivity index (χ1n) is 5.99. The lowest BCUT2D eigenvalue weighted by Gasteiger charge is -2.14. The van der Waals surface area contributed by atoms with Crippen LogP contribution in [0.3, 0.4) is 0 Å². The Hall–Kier alpha value is -2.36. The van der Waals surface area contributed by atoms with E-state index in [1.807, 2.05) is 42.5 Å². The summed E-state index contributed by atoms with van der Waals surface area (Å²) in [6, 6.07) is 13.7. The number of hydrogen-bond donors (Lipinski definition) is 1. The standard InChI is InChI=1S/C15H15NO3/c1-16(10-15(18)19)14(17)9-11-6-7-12-4-2-3-5-13(12)8-11/h2-8H,9-10H2,1H3,(H,18,19). The van der Waals surface area contributed by atoms with E-state index in [4.69, 9.17) is 5.11 Å². The van der Waals surface area contributed by atoms with E-state index in [2.05, 4.69) is 0 Å². The first kappa shape index (κ1) is 13.1. The minimum absolute atomic E-state index is 0.197. The average Bonchev–Trinajstić information content (AvgIpc) is 2.37. The highest BCUT2D eigenvalue weighted by molar-refractivity contribution is 5.86. The van der Waals surface area contributed by atoms with Crippen LogP contribution in [0, 0.1) is 0 Å². The summed E-state index contributed by atoms with van der Waals surface area (Å²) in [6.07, 6.45) is 0.217. The fourth-order valence-corrected chi connectivity index (χ4v) is 1.95. The van der Waals surface area contributed by atoms with Gasteiger partial charge in [-0.15, -0.1) is 0 Å². The SMILES string of the molecule is CN(CC(=O)O)C(=O)Cc1ccc2ccccc2c1. The molecule has 4 heteroatoms. The molecule has 4 nitrogen and oxygen atoms in total. The summed E-state index contributed by atoms with van der Waals surface area (Å²) in [5.74, 6) is -1.20. The van der Waals surface area contributed by atoms with E-state index in [0.29, 0.717) is 0 Å². The van der Waals surface area contributed by atoms with Crippen molar-refractivity contribution in [2.45, 2.75) is 6.42 Å². The van der Waals surface area contributed by atoms with Crippen molar-refractivity contribution in [2.24, 2.45) is 0 Å². The maximum atomic E-state index is 11.8. The summed E-state index contributed by atoms with van der Waals surface area (Å²) in [4.78, 5) is 23.6. The molecular formula is C15H15NO3. The molecule has 0 aromatic heterocycles. The molecule has 0 spiro atoms. The van der Waals surface area contributed by atoms with Gasteiger partial charge in [0.1, 0.15) is 6.54 Å². The van der Waals surface area contributed by atoms with E-state index in [-0.39, 0.29) is 18.9 Å². The lowest BCUT2D eigenvalue weighted by Crippen LogP contribution is -2.33. The molecule has 1 N–H and O–H groups in total. The number of carbonyl (C=O) groups is 2. The molecule has 0 aliphatic carbocycles. The van der Waals surface area contributed by atoms with Crippen molar-refractivity contribution in [3.05, 3.63) is 48.0 Å². The van der Waals surface area contributed by atoms with Crippen LogP contribution >= 0.6 is 0 Å². The maximum Gasteiger partial charge on any atom is 0.323 e. The molecule has 2 rings (SSSR count). The van der Waals surface area contributed by atoms with Gasteiger partial charge in [0.2, 0.25) is 5.91 Å². The van der Waals surface area contributed by atoms with Gasteiger partial charge in [-0.2, -0.15) is 0 Å². The van der Waals surface area contributed by atoms with E-state index in [1.54, 1.807) is 0 Å². The first-order valence-corrected chi connectivity index (χ1v) is 5.99. The maximum absolute atomic E-state index is 11.8. The number of amides is 1. The van der Waals surface area contributed by atoms with Gasteiger partial charge in [0.05, 0.1) is 6.42 Å². The number of rotatable bonds is 4. The highest BCUT2D eigenvalue weighted by Crippen LogP contribution is 2.16. The zero-order valence-corrected chi connectivity index (χ0v) is 10.7. The number of carbonyl (C=O) groups excluding carboxylic acids is 1. The van der Waals surface area contributed by atoms with Gasteiger partial charge >= 0.3 is 5.97 Å². The van der Waals surface area contributed by atoms with Crippen molar-refractivity contribution in [3.8, 4) is 0 Å². The number of likely N-dealkylation sites (N-methyl/N-ethyl adjacent to an activating group) is 1. The topological polar surface area (TPSA) is 57.6 Å². The van der Waals surface area contributed by atoms with Crippen LogP contribution in [0.1, 0.15) is 5.56 Å². The number of fused-ring (bicyclic) bond motifs is 1. The van der Waals surface area contributed by atoms with E-state index >= 15 is 0 Å². The van der Waals surface area contributed by atoms with Gasteiger partial charge in [-0.25, -0.2) is 0 Å². The summed E-state index contributed by atoms with van der Waals surface area (Å²) < 4.78 is 0. The van der Waals surface area contributed by atoms with Gasteiger partial charge in [-0.05, 0) is 16.3 Å². The van der Waals surface area contributed by atoms with Crippen LogP contribution in [-0.2, 0) is 16.0 Å². The Labute approximate surface area is 111 Å². The van der Waals surface area contributed by atoms with Gasteiger partial charge < -0.3 is 10.0 Å². The Bertz CT molecular complexity index is 622. The molecule has 0 saturated heterocycles. The minimum atomic E-state index is -1.01. The van der Waals surface area contributed by atoms with E-state index in [1.165, 1.54) is 11.9 Å². The van der Waals surface area contributed by atoms with Gasteiger partial charge in [-0.3, -0.25) is 9.59 Å². The highest BCUT2D eigenvalue weighted by atomic mass is 16.4. The zero-order chi connectivity index (χ0) is 13.8. The Morgan fingerprint density at radius 3 is 2.47 bits per heavy atom. The van der Waals surface area contributed by atoms with Gasteiger partial charge in [0.25, 0.3) is 0 Å². The Kier molecular flexibility index (Phi) is 3.80. The van der Waals surface area contributed by atoms with Gasteiger partial charge in [0.15, 0.2) is 0 Å². The molecule has 0 heterocycles. The predicted octanol–water partition coefficient (Wildman–Crippen LogP) is 1.93. The Morgan fingerprint density at radius 1 is 1.11 bits per heavy atom. The predicted molar refractivity (Wildman–Crippen MR) is 72.9 cm³/mol. The third kappa shape index (κ3) is 3.31. The molecule has 19 heavy (non-hydrogen) atoms. The van der Waals surface area contributed by atoms with E-state index in [0.717, 1.165) is 16.3 Å². The van der Waals surface area contributed by atoms with Crippen LogP contribution in [0.2, 0.25) is 0 Å². The number of nitrogens with zero attached hydrogens (tertiary/aromatic N) is 1. The third-order valence-corrected chi connectivity index (χ3v) is 2.97. The normalized spacial score (nSPS) is 10.4. The van der Waals surface area contributed by atoms with Gasteiger partial charge in [0, 0.05) is 7.05 Å². The summed E-state index contributed by atoms with van der Waals surface area (Å²) in [5, 5.41) is 10.8. The van der Waals surface area contributed by atoms with Crippen LogP contribution in [-0.4, -0.2) is 35.5 Å². The lowest BCUT2D eigenvalue weighted by atomic mass is 10.0. The van der Waals surface area contributed by atoms with Crippen LogP contribution in [0.5, 0.6) is 0 Å². The average molecular weight is 257 g/mol. The van der Waals surface area contributed by atoms with Crippen molar-refractivity contribution in [2.75, 3.05) is 13.6 Å². The smallest absolute Gasteiger partial charge is 0.323 e. The lowest BCUT2D eigenvalue weighted by molar-refractivity contribution is -0.143. The molecule has 0 aliphatic rings. The summed E-state index contributed by atoms with van der Waals surface area (Å²) in [5.41, 5.74) is 0.890. The van der Waals surface area contributed by atoms with Crippen LogP contribution in [0.15, 0.2) is 42.5 Å². The van der Waals surface area contributed by atoms with Crippen molar-refractivity contribution in [3.63, 3.8) is 0 Å². The Morgan fingerprint density at radius 2 is 1.79 bits per heavy atom. The summed E-state index contributed by atoms with van der Waals surface area (Å²) >= 11 is 0. The molecule has 0 atom stereocenters. The number of hydrogen-bond acceptors (Lipinski definition) is 2. The second-order valence-electron chi connectivity index (χ2n) is 4.50. The largest absolute Gasteiger partial charge is 0.480 e. The molecule has 0 bridgehead atoms. The molecular weight excluding hydrogens is 242 g/mol.